The minimum Gasteiger partial charge on any atom is -0.481 e. The molecule has 8 heteroatoms. The van der Waals surface area contributed by atoms with Gasteiger partial charge in [0.2, 0.25) is 11.7 Å². The highest BCUT2D eigenvalue weighted by atomic mass is 16.6. The standard InChI is InChI=1S/C12H11N3O5/c16-11(17)7-3-6-10-13-12(14-20-10)8-4-1-2-5-9(8)15(18)19/h1-2,4-5H,3,6-7H2,(H,16,17). The van der Waals surface area contributed by atoms with Crippen LogP contribution in [0.15, 0.2) is 28.8 Å². The Morgan fingerprint density at radius 3 is 2.85 bits per heavy atom. The molecule has 0 spiro atoms. The van der Waals surface area contributed by atoms with Crippen molar-refractivity contribution in [3.8, 4) is 11.4 Å². The highest BCUT2D eigenvalue weighted by Crippen LogP contribution is 2.27. The predicted octanol–water partition coefficient (Wildman–Crippen LogP) is 2.05. The van der Waals surface area contributed by atoms with Gasteiger partial charge in [0.05, 0.1) is 4.92 Å². The number of nitro groups is 1. The van der Waals surface area contributed by atoms with E-state index in [1.165, 1.54) is 12.1 Å². The van der Waals surface area contributed by atoms with E-state index in [1.54, 1.807) is 12.1 Å². The van der Waals surface area contributed by atoms with E-state index in [9.17, 15) is 14.9 Å². The number of nitro benzene ring substituents is 1. The molecule has 0 aliphatic heterocycles. The van der Waals surface area contributed by atoms with Crippen LogP contribution >= 0.6 is 0 Å². The average molecular weight is 277 g/mol. The van der Waals surface area contributed by atoms with Gasteiger partial charge in [-0.1, -0.05) is 17.3 Å². The van der Waals surface area contributed by atoms with Crippen LogP contribution in [0.2, 0.25) is 0 Å². The molecule has 0 saturated heterocycles. The predicted molar refractivity (Wildman–Crippen MR) is 67.0 cm³/mol. The first-order valence-corrected chi connectivity index (χ1v) is 5.86. The van der Waals surface area contributed by atoms with Gasteiger partial charge in [0.25, 0.3) is 5.69 Å². The molecule has 2 rings (SSSR count). The number of benzene rings is 1. The number of carboxylic acids is 1. The van der Waals surface area contributed by atoms with Gasteiger partial charge in [0.1, 0.15) is 5.56 Å². The van der Waals surface area contributed by atoms with Gasteiger partial charge < -0.3 is 9.63 Å². The molecule has 8 nitrogen and oxygen atoms in total. The molecular weight excluding hydrogens is 266 g/mol. The summed E-state index contributed by atoms with van der Waals surface area (Å²) in [5.41, 5.74) is 0.163. The Morgan fingerprint density at radius 1 is 1.40 bits per heavy atom. The van der Waals surface area contributed by atoms with Crippen LogP contribution in [0.4, 0.5) is 5.69 Å². The molecule has 1 heterocycles. The van der Waals surface area contributed by atoms with Crippen molar-refractivity contribution in [2.75, 3.05) is 0 Å². The Bertz CT molecular complexity index is 638. The SMILES string of the molecule is O=C(O)CCCc1nc(-c2ccccc2[N+](=O)[O-])no1. The van der Waals surface area contributed by atoms with Crippen LogP contribution in [0.25, 0.3) is 11.4 Å². The van der Waals surface area contributed by atoms with Crippen molar-refractivity contribution < 1.29 is 19.3 Å². The third kappa shape index (κ3) is 3.16. The van der Waals surface area contributed by atoms with E-state index in [1.807, 2.05) is 0 Å². The summed E-state index contributed by atoms with van der Waals surface area (Å²) in [5, 5.41) is 23.1. The quantitative estimate of drug-likeness (QED) is 0.633. The minimum atomic E-state index is -0.900. The lowest BCUT2D eigenvalue weighted by molar-refractivity contribution is -0.384. The van der Waals surface area contributed by atoms with Gasteiger partial charge in [-0.25, -0.2) is 0 Å². The largest absolute Gasteiger partial charge is 0.481 e. The zero-order valence-corrected chi connectivity index (χ0v) is 10.4. The molecule has 0 aliphatic rings. The van der Waals surface area contributed by atoms with Crippen molar-refractivity contribution in [2.45, 2.75) is 19.3 Å². The number of carboxylic acid groups (broad SMARTS) is 1. The minimum absolute atomic E-state index is 0.00317. The van der Waals surface area contributed by atoms with Crippen molar-refractivity contribution >= 4 is 11.7 Å². The molecule has 2 aromatic rings. The van der Waals surface area contributed by atoms with E-state index in [0.717, 1.165) is 0 Å². The number of aryl methyl sites for hydroxylation is 1. The van der Waals surface area contributed by atoms with Crippen LogP contribution in [0.3, 0.4) is 0 Å². The molecule has 0 aliphatic carbocycles. The van der Waals surface area contributed by atoms with Crippen LogP contribution in [0, 0.1) is 10.1 Å². The number of nitrogens with zero attached hydrogens (tertiary/aromatic N) is 3. The maximum Gasteiger partial charge on any atom is 0.303 e. The molecule has 0 unspecified atom stereocenters. The van der Waals surface area contributed by atoms with Crippen molar-refractivity contribution in [1.29, 1.82) is 0 Å². The summed E-state index contributed by atoms with van der Waals surface area (Å²) in [5.74, 6) is -0.509. The second-order valence-corrected chi connectivity index (χ2v) is 4.03. The maximum absolute atomic E-state index is 10.9. The number of hydrogen-bond acceptors (Lipinski definition) is 6. The third-order valence-electron chi connectivity index (χ3n) is 2.59. The van der Waals surface area contributed by atoms with Crippen molar-refractivity contribution in [3.63, 3.8) is 0 Å². The summed E-state index contributed by atoms with van der Waals surface area (Å²) >= 11 is 0. The lowest BCUT2D eigenvalue weighted by atomic mass is 10.1. The number of para-hydroxylation sites is 1. The molecule has 104 valence electrons. The van der Waals surface area contributed by atoms with E-state index in [-0.39, 0.29) is 29.4 Å². The Hall–Kier alpha value is -2.77. The van der Waals surface area contributed by atoms with Crippen LogP contribution in [-0.4, -0.2) is 26.1 Å². The van der Waals surface area contributed by atoms with Gasteiger partial charge >= 0.3 is 5.97 Å². The lowest BCUT2D eigenvalue weighted by Gasteiger charge is -1.96. The van der Waals surface area contributed by atoms with Crippen LogP contribution in [-0.2, 0) is 11.2 Å². The van der Waals surface area contributed by atoms with E-state index in [0.29, 0.717) is 12.8 Å². The van der Waals surface area contributed by atoms with Crippen molar-refractivity contribution in [2.24, 2.45) is 0 Å². The Kier molecular flexibility index (Phi) is 4.04. The number of hydrogen-bond donors (Lipinski definition) is 1. The highest BCUT2D eigenvalue weighted by molar-refractivity contribution is 5.67. The Morgan fingerprint density at radius 2 is 2.15 bits per heavy atom. The molecule has 1 aromatic carbocycles. The molecule has 20 heavy (non-hydrogen) atoms. The number of aliphatic carboxylic acids is 1. The molecule has 1 N–H and O–H groups in total. The zero-order valence-electron chi connectivity index (χ0n) is 10.4. The number of aromatic nitrogens is 2. The average Bonchev–Trinajstić information content (AvgIpc) is 2.87. The fourth-order valence-corrected chi connectivity index (χ4v) is 1.68. The monoisotopic (exact) mass is 277 g/mol. The summed E-state index contributed by atoms with van der Waals surface area (Å²) in [4.78, 5) is 24.8. The smallest absolute Gasteiger partial charge is 0.303 e. The van der Waals surface area contributed by atoms with Crippen molar-refractivity contribution in [3.05, 3.63) is 40.3 Å². The van der Waals surface area contributed by atoms with Gasteiger partial charge in [0, 0.05) is 18.9 Å². The molecule has 0 saturated carbocycles. The molecule has 1 aromatic heterocycles. The normalized spacial score (nSPS) is 10.4. The second kappa shape index (κ2) is 5.91. The Labute approximate surface area is 113 Å². The molecule has 0 amide bonds. The lowest BCUT2D eigenvalue weighted by Crippen LogP contribution is -1.96. The molecule has 0 radical (unpaired) electrons. The van der Waals surface area contributed by atoms with E-state index >= 15 is 0 Å². The van der Waals surface area contributed by atoms with Gasteiger partial charge in [-0.05, 0) is 12.5 Å². The van der Waals surface area contributed by atoms with Crippen LogP contribution < -0.4 is 0 Å². The van der Waals surface area contributed by atoms with E-state index in [4.69, 9.17) is 9.63 Å². The summed E-state index contributed by atoms with van der Waals surface area (Å²) in [6.45, 7) is 0. The topological polar surface area (TPSA) is 119 Å². The summed E-state index contributed by atoms with van der Waals surface area (Å²) < 4.78 is 4.96. The molecule has 0 bridgehead atoms. The first-order chi connectivity index (χ1) is 9.58. The molecule has 0 fully saturated rings. The van der Waals surface area contributed by atoms with Crippen molar-refractivity contribution in [1.82, 2.24) is 10.1 Å². The maximum atomic E-state index is 10.9. The van der Waals surface area contributed by atoms with E-state index < -0.39 is 10.9 Å². The number of carbonyl (C=O) groups is 1. The summed E-state index contributed by atoms with van der Waals surface area (Å²) in [7, 11) is 0. The molecular formula is C12H11N3O5. The number of rotatable bonds is 6. The summed E-state index contributed by atoms with van der Waals surface area (Å²) in [6.07, 6.45) is 0.691. The van der Waals surface area contributed by atoms with Crippen LogP contribution in [0.5, 0.6) is 0 Å². The Balaban J connectivity index is 2.16. The molecule has 0 atom stereocenters. The van der Waals surface area contributed by atoms with Gasteiger partial charge in [-0.15, -0.1) is 0 Å². The van der Waals surface area contributed by atoms with E-state index in [2.05, 4.69) is 10.1 Å². The first kappa shape index (κ1) is 13.7. The van der Waals surface area contributed by atoms with Gasteiger partial charge in [-0.3, -0.25) is 14.9 Å². The fraction of sp³-hybridized carbons (Fsp3) is 0.250. The van der Waals surface area contributed by atoms with Gasteiger partial charge in [-0.2, -0.15) is 4.98 Å². The van der Waals surface area contributed by atoms with Gasteiger partial charge in [0.15, 0.2) is 0 Å². The zero-order chi connectivity index (χ0) is 14.5. The highest BCUT2D eigenvalue weighted by Gasteiger charge is 2.19. The third-order valence-corrected chi connectivity index (χ3v) is 2.59. The first-order valence-electron chi connectivity index (χ1n) is 5.86. The summed E-state index contributed by atoms with van der Waals surface area (Å²) in [6, 6.07) is 6.08. The fourth-order valence-electron chi connectivity index (χ4n) is 1.68. The van der Waals surface area contributed by atoms with Crippen LogP contribution in [0.1, 0.15) is 18.7 Å². The second-order valence-electron chi connectivity index (χ2n) is 4.03.